The van der Waals surface area contributed by atoms with Gasteiger partial charge in [0.25, 0.3) is 5.91 Å². The Morgan fingerprint density at radius 3 is 2.57 bits per heavy atom. The second kappa shape index (κ2) is 8.15. The van der Waals surface area contributed by atoms with Crippen molar-refractivity contribution in [2.24, 2.45) is 5.92 Å². The van der Waals surface area contributed by atoms with Gasteiger partial charge in [0, 0.05) is 59.8 Å². The predicted molar refractivity (Wildman–Crippen MR) is 128 cm³/mol. The van der Waals surface area contributed by atoms with Crippen LogP contribution in [0.2, 0.25) is 0 Å². The van der Waals surface area contributed by atoms with Gasteiger partial charge in [-0.1, -0.05) is 24.3 Å². The van der Waals surface area contributed by atoms with Gasteiger partial charge in [0.05, 0.1) is 5.92 Å². The minimum absolute atomic E-state index is 0.0595. The lowest BCUT2D eigenvalue weighted by Gasteiger charge is -2.31. The van der Waals surface area contributed by atoms with Crippen LogP contribution in [-0.2, 0) is 10.2 Å². The Labute approximate surface area is 202 Å². The molecule has 1 aromatic heterocycles. The summed E-state index contributed by atoms with van der Waals surface area (Å²) < 4.78 is 14.2. The first-order chi connectivity index (χ1) is 16.9. The van der Waals surface area contributed by atoms with Gasteiger partial charge in [0.15, 0.2) is 0 Å². The number of carbonyl (C=O) groups is 2. The lowest BCUT2D eigenvalue weighted by Crippen LogP contribution is -2.42. The van der Waals surface area contributed by atoms with E-state index in [4.69, 9.17) is 0 Å². The minimum atomic E-state index is -0.853. The number of likely N-dealkylation sites (tertiary alicyclic amines) is 1. The van der Waals surface area contributed by atoms with E-state index in [0.29, 0.717) is 42.0 Å². The summed E-state index contributed by atoms with van der Waals surface area (Å²) in [6, 6.07) is 12.3. The largest absolute Gasteiger partial charge is 0.481 e. The van der Waals surface area contributed by atoms with E-state index in [9.17, 15) is 19.1 Å². The number of carbonyl (C=O) groups excluding carboxylic acids is 1. The van der Waals surface area contributed by atoms with Crippen LogP contribution in [0, 0.1) is 11.7 Å². The number of hydrogen-bond acceptors (Lipinski definition) is 5. The quantitative estimate of drug-likeness (QED) is 0.606. The molecule has 1 atom stereocenters. The molecule has 8 heteroatoms. The van der Waals surface area contributed by atoms with Crippen molar-refractivity contribution in [1.29, 1.82) is 0 Å². The molecule has 1 aliphatic carbocycles. The summed E-state index contributed by atoms with van der Waals surface area (Å²) in [5.41, 5.74) is 3.77. The van der Waals surface area contributed by atoms with Crippen molar-refractivity contribution in [3.05, 3.63) is 71.8 Å². The van der Waals surface area contributed by atoms with Crippen LogP contribution < -0.4 is 4.90 Å². The Morgan fingerprint density at radius 1 is 1.09 bits per heavy atom. The van der Waals surface area contributed by atoms with E-state index >= 15 is 0 Å². The van der Waals surface area contributed by atoms with Crippen molar-refractivity contribution in [1.82, 2.24) is 14.9 Å². The fourth-order valence-corrected chi connectivity index (χ4v) is 5.41. The number of fused-ring (bicyclic) bond motifs is 2. The molecule has 3 aliphatic rings. The normalized spacial score (nSPS) is 20.1. The summed E-state index contributed by atoms with van der Waals surface area (Å²) in [5.74, 6) is -1.32. The molecule has 35 heavy (non-hydrogen) atoms. The van der Waals surface area contributed by atoms with Crippen LogP contribution in [0.4, 0.5) is 16.0 Å². The molecule has 6 rings (SSSR count). The van der Waals surface area contributed by atoms with Gasteiger partial charge in [-0.2, -0.15) is 0 Å². The monoisotopic (exact) mass is 472 g/mol. The molecule has 2 aliphatic heterocycles. The van der Waals surface area contributed by atoms with Crippen molar-refractivity contribution in [2.75, 3.05) is 24.5 Å². The number of benzene rings is 2. The van der Waals surface area contributed by atoms with Gasteiger partial charge in [-0.05, 0) is 49.4 Å². The van der Waals surface area contributed by atoms with Crippen molar-refractivity contribution in [2.45, 2.75) is 31.1 Å². The van der Waals surface area contributed by atoms with Gasteiger partial charge >= 0.3 is 5.97 Å². The molecule has 1 saturated heterocycles. The fourth-order valence-electron chi connectivity index (χ4n) is 5.41. The molecule has 0 bridgehead atoms. The first-order valence-electron chi connectivity index (χ1n) is 12.0. The summed E-state index contributed by atoms with van der Waals surface area (Å²) in [6.07, 6.45) is 6.69. The third-order valence-corrected chi connectivity index (χ3v) is 7.54. The van der Waals surface area contributed by atoms with Crippen molar-refractivity contribution < 1.29 is 19.1 Å². The number of piperidine rings is 1. The highest BCUT2D eigenvalue weighted by Crippen LogP contribution is 2.57. The van der Waals surface area contributed by atoms with E-state index in [-0.39, 0.29) is 23.7 Å². The van der Waals surface area contributed by atoms with Crippen LogP contribution in [0.15, 0.2) is 54.9 Å². The number of amides is 1. The molecule has 1 amide bonds. The summed E-state index contributed by atoms with van der Waals surface area (Å²) in [7, 11) is 0. The van der Waals surface area contributed by atoms with E-state index in [1.54, 1.807) is 35.5 Å². The molecule has 7 nitrogen and oxygen atoms in total. The molecule has 0 radical (unpaired) electrons. The van der Waals surface area contributed by atoms with Gasteiger partial charge in [-0.3, -0.25) is 9.59 Å². The van der Waals surface area contributed by atoms with E-state index in [1.165, 1.54) is 11.6 Å². The maximum absolute atomic E-state index is 14.2. The Kier molecular flexibility index (Phi) is 5.05. The molecular formula is C27H25FN4O3. The molecule has 3 aromatic rings. The Balaban J connectivity index is 1.30. The third kappa shape index (κ3) is 3.73. The van der Waals surface area contributed by atoms with Crippen molar-refractivity contribution >= 4 is 23.5 Å². The number of carboxylic acids is 1. The number of aromatic nitrogens is 2. The van der Waals surface area contributed by atoms with Gasteiger partial charge in [-0.15, -0.1) is 0 Å². The van der Waals surface area contributed by atoms with Gasteiger partial charge in [-0.25, -0.2) is 14.4 Å². The van der Waals surface area contributed by atoms with Crippen LogP contribution in [-0.4, -0.2) is 51.5 Å². The smallest absolute Gasteiger partial charge is 0.308 e. The zero-order chi connectivity index (χ0) is 24.2. The molecule has 2 aromatic carbocycles. The van der Waals surface area contributed by atoms with Crippen molar-refractivity contribution in [3.63, 3.8) is 0 Å². The number of carboxylic acid groups (broad SMARTS) is 1. The molecular weight excluding hydrogens is 447 g/mol. The zero-order valence-corrected chi connectivity index (χ0v) is 19.2. The highest BCUT2D eigenvalue weighted by molar-refractivity contribution is 5.96. The first-order valence-corrected chi connectivity index (χ1v) is 12.0. The first kappa shape index (κ1) is 21.7. The Morgan fingerprint density at radius 2 is 1.86 bits per heavy atom. The van der Waals surface area contributed by atoms with Crippen LogP contribution in [0.3, 0.4) is 0 Å². The Bertz CT molecular complexity index is 1320. The Hall–Kier alpha value is -3.81. The number of halogens is 1. The van der Waals surface area contributed by atoms with E-state index in [1.807, 2.05) is 23.1 Å². The SMILES string of the molecule is O=C(O)C1CCCN(C(=O)c2ccc3c(c2)N(c2ncc(-c4ccccc4F)cn2)CC32CC2)C1. The molecule has 1 N–H and O–H groups in total. The topological polar surface area (TPSA) is 86.6 Å². The molecule has 2 fully saturated rings. The van der Waals surface area contributed by atoms with Crippen LogP contribution >= 0.6 is 0 Å². The van der Waals surface area contributed by atoms with Crippen LogP contribution in [0.25, 0.3) is 11.1 Å². The van der Waals surface area contributed by atoms with E-state index in [2.05, 4.69) is 9.97 Å². The minimum Gasteiger partial charge on any atom is -0.481 e. The summed E-state index contributed by atoms with van der Waals surface area (Å²) in [5, 5.41) is 9.39. The average molecular weight is 473 g/mol. The van der Waals surface area contributed by atoms with Gasteiger partial charge in [0.1, 0.15) is 5.82 Å². The third-order valence-electron chi connectivity index (χ3n) is 7.54. The fraction of sp³-hybridized carbons (Fsp3) is 0.333. The second-order valence-corrected chi connectivity index (χ2v) is 9.78. The number of anilines is 2. The van der Waals surface area contributed by atoms with E-state index < -0.39 is 11.9 Å². The highest BCUT2D eigenvalue weighted by atomic mass is 19.1. The number of rotatable bonds is 4. The lowest BCUT2D eigenvalue weighted by atomic mass is 9.95. The molecule has 1 unspecified atom stereocenters. The molecule has 1 saturated carbocycles. The molecule has 178 valence electrons. The number of nitrogens with zero attached hydrogens (tertiary/aromatic N) is 4. The summed E-state index contributed by atoms with van der Waals surface area (Å²) in [4.78, 5) is 37.5. The van der Waals surface area contributed by atoms with Gasteiger partial charge in [0.2, 0.25) is 5.95 Å². The number of hydrogen-bond donors (Lipinski definition) is 1. The van der Waals surface area contributed by atoms with Gasteiger partial charge < -0.3 is 14.9 Å². The molecule has 3 heterocycles. The van der Waals surface area contributed by atoms with Crippen molar-refractivity contribution in [3.8, 4) is 11.1 Å². The maximum Gasteiger partial charge on any atom is 0.308 e. The average Bonchev–Trinajstić information content (AvgIpc) is 3.60. The lowest BCUT2D eigenvalue weighted by molar-refractivity contribution is -0.143. The van der Waals surface area contributed by atoms with E-state index in [0.717, 1.165) is 25.1 Å². The summed E-state index contributed by atoms with van der Waals surface area (Å²) >= 11 is 0. The van der Waals surface area contributed by atoms with Crippen LogP contribution in [0.5, 0.6) is 0 Å². The molecule has 1 spiro atoms. The zero-order valence-electron chi connectivity index (χ0n) is 19.2. The van der Waals surface area contributed by atoms with Crippen LogP contribution in [0.1, 0.15) is 41.6 Å². The number of aliphatic carboxylic acids is 1. The second-order valence-electron chi connectivity index (χ2n) is 9.78. The predicted octanol–water partition coefficient (Wildman–Crippen LogP) is 4.40. The summed E-state index contributed by atoms with van der Waals surface area (Å²) in [6.45, 7) is 1.54. The standard InChI is InChI=1S/C27H25FN4O3/c28-22-6-2-1-5-20(22)19-13-29-26(30-14-19)32-16-27(9-10-27)21-8-7-17(12-23(21)32)24(33)31-11-3-4-18(15-31)25(34)35/h1-2,5-8,12-14,18H,3-4,9-11,15-16H2,(H,34,35). The highest BCUT2D eigenvalue weighted by Gasteiger charge is 2.52. The maximum atomic E-state index is 14.2.